The Bertz CT molecular complexity index is 652. The number of hydrogen-bond donors (Lipinski definition) is 0. The summed E-state index contributed by atoms with van der Waals surface area (Å²) in [6.07, 6.45) is 0. The van der Waals surface area contributed by atoms with Crippen LogP contribution in [0, 0.1) is 6.92 Å². The van der Waals surface area contributed by atoms with E-state index >= 15 is 0 Å². The van der Waals surface area contributed by atoms with Gasteiger partial charge in [-0.25, -0.2) is 8.42 Å². The predicted octanol–water partition coefficient (Wildman–Crippen LogP) is 4.07. The average Bonchev–Trinajstić information content (AvgIpc) is 2.28. The fourth-order valence-electron chi connectivity index (χ4n) is 1.58. The van der Waals surface area contributed by atoms with Crippen LogP contribution in [0.1, 0.15) is 5.56 Å². The van der Waals surface area contributed by atoms with Gasteiger partial charge in [-0.3, -0.25) is 0 Å². The normalized spacial score (nSPS) is 11.4. The molecule has 0 aliphatic heterocycles. The summed E-state index contributed by atoms with van der Waals surface area (Å²) in [5.41, 5.74) is 0.658. The highest BCUT2D eigenvalue weighted by molar-refractivity contribution is 8.13. The maximum atomic E-state index is 11.3. The monoisotopic (exact) mass is 298 g/mol. The molecule has 0 N–H and O–H groups in total. The smallest absolute Gasteiger partial charge is 0.207 e. The first kappa shape index (κ1) is 13.5. The minimum atomic E-state index is -3.66. The lowest BCUT2D eigenvalue weighted by molar-refractivity contribution is 0.609. The van der Waals surface area contributed by atoms with E-state index in [-0.39, 0.29) is 4.90 Å². The summed E-state index contributed by atoms with van der Waals surface area (Å²) in [6, 6.07) is 15.0. The molecule has 0 amide bonds. The number of halogens is 1. The van der Waals surface area contributed by atoms with Gasteiger partial charge in [-0.1, -0.05) is 30.0 Å². The number of hydrogen-bond acceptors (Lipinski definition) is 3. The van der Waals surface area contributed by atoms with E-state index in [4.69, 9.17) is 10.7 Å². The zero-order valence-corrected chi connectivity index (χ0v) is 12.0. The van der Waals surface area contributed by atoms with Crippen LogP contribution in [0.4, 0.5) is 0 Å². The van der Waals surface area contributed by atoms with Gasteiger partial charge in [-0.05, 0) is 42.8 Å². The molecule has 18 heavy (non-hydrogen) atoms. The van der Waals surface area contributed by atoms with E-state index in [9.17, 15) is 8.42 Å². The van der Waals surface area contributed by atoms with Gasteiger partial charge in [-0.2, -0.15) is 0 Å². The molecule has 94 valence electrons. The van der Waals surface area contributed by atoms with Crippen molar-refractivity contribution in [2.24, 2.45) is 0 Å². The minimum Gasteiger partial charge on any atom is -0.207 e. The van der Waals surface area contributed by atoms with E-state index in [0.717, 1.165) is 9.79 Å². The Balaban J connectivity index is 2.30. The van der Waals surface area contributed by atoms with Crippen molar-refractivity contribution in [2.75, 3.05) is 0 Å². The first-order chi connectivity index (χ1) is 8.47. The molecule has 2 aromatic carbocycles. The molecule has 0 aromatic heterocycles. The fourth-order valence-corrected chi connectivity index (χ4v) is 3.71. The average molecular weight is 299 g/mol. The molecule has 0 atom stereocenters. The lowest BCUT2D eigenvalue weighted by atomic mass is 10.2. The topological polar surface area (TPSA) is 34.1 Å². The van der Waals surface area contributed by atoms with Gasteiger partial charge in [0.2, 0.25) is 0 Å². The van der Waals surface area contributed by atoms with Crippen LogP contribution < -0.4 is 0 Å². The lowest BCUT2D eigenvalue weighted by Gasteiger charge is -2.05. The summed E-state index contributed by atoms with van der Waals surface area (Å²) in [4.78, 5) is 2.27. The Morgan fingerprint density at radius 3 is 2.22 bits per heavy atom. The minimum absolute atomic E-state index is 0.168. The molecule has 0 aliphatic rings. The Hall–Kier alpha value is -0.970. The highest BCUT2D eigenvalue weighted by atomic mass is 35.7. The standard InChI is InChI=1S/C13H11ClO2S2/c1-10-9-12(7-8-13(10)18(14,15)16)17-11-5-3-2-4-6-11/h2-9H,1H3. The molecule has 0 bridgehead atoms. The molecule has 0 aliphatic carbocycles. The van der Waals surface area contributed by atoms with Crippen molar-refractivity contribution >= 4 is 31.5 Å². The van der Waals surface area contributed by atoms with Crippen molar-refractivity contribution in [3.63, 3.8) is 0 Å². The van der Waals surface area contributed by atoms with Gasteiger partial charge in [0, 0.05) is 20.5 Å². The molecule has 0 fully saturated rings. The zero-order valence-electron chi connectivity index (χ0n) is 9.63. The van der Waals surface area contributed by atoms with Crippen molar-refractivity contribution in [1.29, 1.82) is 0 Å². The van der Waals surface area contributed by atoms with E-state index in [1.165, 1.54) is 0 Å². The Labute approximate surface area is 115 Å². The highest BCUT2D eigenvalue weighted by Crippen LogP contribution is 2.30. The van der Waals surface area contributed by atoms with Crippen molar-refractivity contribution in [1.82, 2.24) is 0 Å². The van der Waals surface area contributed by atoms with E-state index in [0.29, 0.717) is 5.56 Å². The second-order valence-electron chi connectivity index (χ2n) is 3.78. The molecule has 2 nitrogen and oxygen atoms in total. The SMILES string of the molecule is Cc1cc(Sc2ccccc2)ccc1S(=O)(=O)Cl. The van der Waals surface area contributed by atoms with Crippen LogP contribution in [0.5, 0.6) is 0 Å². The Morgan fingerprint density at radius 1 is 1.00 bits per heavy atom. The van der Waals surface area contributed by atoms with Crippen molar-refractivity contribution < 1.29 is 8.42 Å². The summed E-state index contributed by atoms with van der Waals surface area (Å²) < 4.78 is 22.6. The van der Waals surface area contributed by atoms with Crippen LogP contribution in [-0.4, -0.2) is 8.42 Å². The molecule has 0 spiro atoms. The number of rotatable bonds is 3. The largest absolute Gasteiger partial charge is 0.261 e. The first-order valence-corrected chi connectivity index (χ1v) is 8.37. The number of aryl methyl sites for hydroxylation is 1. The summed E-state index contributed by atoms with van der Waals surface area (Å²) >= 11 is 1.58. The Kier molecular flexibility index (Phi) is 4.00. The molecule has 5 heteroatoms. The van der Waals surface area contributed by atoms with Crippen LogP contribution in [0.2, 0.25) is 0 Å². The third-order valence-corrected chi connectivity index (χ3v) is 4.87. The van der Waals surface area contributed by atoms with Crippen LogP contribution in [0.25, 0.3) is 0 Å². The maximum absolute atomic E-state index is 11.3. The van der Waals surface area contributed by atoms with Crippen molar-refractivity contribution in [3.05, 3.63) is 54.1 Å². The van der Waals surface area contributed by atoms with Crippen LogP contribution in [-0.2, 0) is 9.05 Å². The molecule has 0 radical (unpaired) electrons. The molecule has 0 saturated heterocycles. The summed E-state index contributed by atoms with van der Waals surface area (Å²) in [7, 11) is 1.68. The van der Waals surface area contributed by atoms with E-state index in [1.807, 2.05) is 36.4 Å². The maximum Gasteiger partial charge on any atom is 0.261 e. The van der Waals surface area contributed by atoms with Gasteiger partial charge in [0.25, 0.3) is 9.05 Å². The van der Waals surface area contributed by atoms with Crippen molar-refractivity contribution in [3.8, 4) is 0 Å². The molecule has 2 aromatic rings. The van der Waals surface area contributed by atoms with Gasteiger partial charge in [0.15, 0.2) is 0 Å². The van der Waals surface area contributed by atoms with Crippen molar-refractivity contribution in [2.45, 2.75) is 21.6 Å². The van der Waals surface area contributed by atoms with E-state index < -0.39 is 9.05 Å². The zero-order chi connectivity index (χ0) is 13.2. The molecule has 0 saturated carbocycles. The predicted molar refractivity (Wildman–Crippen MR) is 74.8 cm³/mol. The third kappa shape index (κ3) is 3.28. The van der Waals surface area contributed by atoms with Gasteiger partial charge >= 0.3 is 0 Å². The second-order valence-corrected chi connectivity index (χ2v) is 7.46. The van der Waals surface area contributed by atoms with Gasteiger partial charge in [-0.15, -0.1) is 0 Å². The number of benzene rings is 2. The quantitative estimate of drug-likeness (QED) is 0.801. The molecular weight excluding hydrogens is 288 g/mol. The van der Waals surface area contributed by atoms with Gasteiger partial charge in [0.05, 0.1) is 4.90 Å². The van der Waals surface area contributed by atoms with Crippen LogP contribution in [0.15, 0.2) is 63.2 Å². The van der Waals surface area contributed by atoms with Crippen LogP contribution in [0.3, 0.4) is 0 Å². The molecule has 0 heterocycles. The summed E-state index contributed by atoms with van der Waals surface area (Å²) in [5, 5.41) is 0. The molecular formula is C13H11ClO2S2. The Morgan fingerprint density at radius 2 is 1.67 bits per heavy atom. The van der Waals surface area contributed by atoms with Gasteiger partial charge < -0.3 is 0 Å². The van der Waals surface area contributed by atoms with E-state index in [2.05, 4.69) is 0 Å². The van der Waals surface area contributed by atoms with Crippen LogP contribution >= 0.6 is 22.4 Å². The molecule has 0 unspecified atom stereocenters. The summed E-state index contributed by atoms with van der Waals surface area (Å²) in [5.74, 6) is 0. The summed E-state index contributed by atoms with van der Waals surface area (Å²) in [6.45, 7) is 1.74. The fraction of sp³-hybridized carbons (Fsp3) is 0.0769. The van der Waals surface area contributed by atoms with Gasteiger partial charge in [0.1, 0.15) is 0 Å². The highest BCUT2D eigenvalue weighted by Gasteiger charge is 2.13. The lowest BCUT2D eigenvalue weighted by Crippen LogP contribution is -1.94. The molecule has 2 rings (SSSR count). The first-order valence-electron chi connectivity index (χ1n) is 5.25. The van der Waals surface area contributed by atoms with E-state index in [1.54, 1.807) is 30.8 Å². The second kappa shape index (κ2) is 5.34. The third-order valence-electron chi connectivity index (χ3n) is 2.39.